The number of nitrogens with zero attached hydrogens (tertiary/aromatic N) is 2. The maximum absolute atomic E-state index is 5.89. The highest BCUT2D eigenvalue weighted by Gasteiger charge is 2.19. The van der Waals surface area contributed by atoms with E-state index < -0.39 is 0 Å². The molecule has 0 aliphatic carbocycles. The van der Waals surface area contributed by atoms with Crippen molar-refractivity contribution in [2.75, 3.05) is 0 Å². The van der Waals surface area contributed by atoms with E-state index >= 15 is 0 Å². The van der Waals surface area contributed by atoms with Gasteiger partial charge in [-0.3, -0.25) is 0 Å². The van der Waals surface area contributed by atoms with Crippen LogP contribution in [0.5, 0.6) is 0 Å². The molecule has 0 atom stereocenters. The van der Waals surface area contributed by atoms with Crippen molar-refractivity contribution in [3.8, 4) is 11.3 Å². The van der Waals surface area contributed by atoms with Gasteiger partial charge >= 0.3 is 0 Å². The van der Waals surface area contributed by atoms with Gasteiger partial charge in [-0.25, -0.2) is 9.97 Å². The van der Waals surface area contributed by atoms with Crippen molar-refractivity contribution in [1.29, 1.82) is 0 Å². The van der Waals surface area contributed by atoms with E-state index in [1.54, 1.807) is 0 Å². The fourth-order valence-electron chi connectivity index (χ4n) is 1.52. The molecule has 1 aromatic carbocycles. The first-order valence-corrected chi connectivity index (χ1v) is 6.84. The second-order valence-corrected chi connectivity index (χ2v) is 6.41. The molecule has 0 saturated heterocycles. The van der Waals surface area contributed by atoms with Crippen molar-refractivity contribution in [2.24, 2.45) is 0 Å². The van der Waals surface area contributed by atoms with Gasteiger partial charge in [-0.15, -0.1) is 0 Å². The van der Waals surface area contributed by atoms with Gasteiger partial charge in [0.1, 0.15) is 10.4 Å². The summed E-state index contributed by atoms with van der Waals surface area (Å²) >= 11 is 9.33. The Morgan fingerprint density at radius 3 is 2.22 bits per heavy atom. The molecule has 4 heteroatoms. The van der Waals surface area contributed by atoms with E-state index in [0.717, 1.165) is 26.7 Å². The molecule has 0 fully saturated rings. The average molecular weight is 326 g/mol. The Morgan fingerprint density at radius 1 is 1.06 bits per heavy atom. The standard InChI is InChI=1S/C14H14BrClN2/c1-14(2,3)13-17-11(8-12(15)18-13)9-4-6-10(16)7-5-9/h4-8H,1-3H3. The summed E-state index contributed by atoms with van der Waals surface area (Å²) in [6.45, 7) is 6.29. The zero-order valence-electron chi connectivity index (χ0n) is 10.5. The first-order chi connectivity index (χ1) is 8.36. The molecule has 1 aromatic heterocycles. The minimum absolute atomic E-state index is 0.0784. The third-order valence-corrected chi connectivity index (χ3v) is 3.16. The highest BCUT2D eigenvalue weighted by atomic mass is 79.9. The summed E-state index contributed by atoms with van der Waals surface area (Å²) in [7, 11) is 0. The van der Waals surface area contributed by atoms with E-state index in [-0.39, 0.29) is 5.41 Å². The van der Waals surface area contributed by atoms with Crippen molar-refractivity contribution in [3.05, 3.63) is 45.8 Å². The number of aromatic nitrogens is 2. The van der Waals surface area contributed by atoms with Crippen LogP contribution in [-0.4, -0.2) is 9.97 Å². The van der Waals surface area contributed by atoms with E-state index in [1.807, 2.05) is 30.3 Å². The summed E-state index contributed by atoms with van der Waals surface area (Å²) in [4.78, 5) is 9.05. The minimum Gasteiger partial charge on any atom is -0.232 e. The molecule has 1 heterocycles. The average Bonchev–Trinajstić information content (AvgIpc) is 2.28. The third-order valence-electron chi connectivity index (χ3n) is 2.51. The molecule has 94 valence electrons. The number of rotatable bonds is 1. The molecule has 2 aromatic rings. The van der Waals surface area contributed by atoms with Gasteiger partial charge in [-0.2, -0.15) is 0 Å². The zero-order valence-corrected chi connectivity index (χ0v) is 12.9. The molecule has 0 amide bonds. The Bertz CT molecular complexity index is 559. The summed E-state index contributed by atoms with van der Waals surface area (Å²) in [6, 6.07) is 9.57. The zero-order chi connectivity index (χ0) is 13.3. The van der Waals surface area contributed by atoms with Gasteiger partial charge in [0.25, 0.3) is 0 Å². The van der Waals surface area contributed by atoms with Crippen LogP contribution >= 0.6 is 27.5 Å². The maximum atomic E-state index is 5.89. The highest BCUT2D eigenvalue weighted by molar-refractivity contribution is 9.10. The lowest BCUT2D eigenvalue weighted by Crippen LogP contribution is -2.16. The Morgan fingerprint density at radius 2 is 1.67 bits per heavy atom. The van der Waals surface area contributed by atoms with Gasteiger partial charge in [0.2, 0.25) is 0 Å². The number of halogens is 2. The fraction of sp³-hybridized carbons (Fsp3) is 0.286. The predicted octanol–water partition coefficient (Wildman–Crippen LogP) is 4.86. The molecule has 0 aliphatic heterocycles. The van der Waals surface area contributed by atoms with E-state index in [0.29, 0.717) is 0 Å². The van der Waals surface area contributed by atoms with Crippen LogP contribution in [-0.2, 0) is 5.41 Å². The van der Waals surface area contributed by atoms with Crippen LogP contribution in [0.2, 0.25) is 5.02 Å². The lowest BCUT2D eigenvalue weighted by molar-refractivity contribution is 0.544. The van der Waals surface area contributed by atoms with Crippen molar-refractivity contribution in [1.82, 2.24) is 9.97 Å². The van der Waals surface area contributed by atoms with E-state index in [1.165, 1.54) is 0 Å². The SMILES string of the molecule is CC(C)(C)c1nc(Br)cc(-c2ccc(Cl)cc2)n1. The topological polar surface area (TPSA) is 25.8 Å². The molecular weight excluding hydrogens is 312 g/mol. The molecule has 18 heavy (non-hydrogen) atoms. The summed E-state index contributed by atoms with van der Waals surface area (Å²) in [5, 5.41) is 0.725. The monoisotopic (exact) mass is 324 g/mol. The quantitative estimate of drug-likeness (QED) is 0.700. The minimum atomic E-state index is -0.0784. The molecule has 0 N–H and O–H groups in total. The summed E-state index contributed by atoms with van der Waals surface area (Å²) in [5.74, 6) is 0.821. The smallest absolute Gasteiger partial charge is 0.135 e. The highest BCUT2D eigenvalue weighted by Crippen LogP contribution is 2.26. The Labute approximate surface area is 121 Å². The van der Waals surface area contributed by atoms with Crippen LogP contribution in [0.4, 0.5) is 0 Å². The lowest BCUT2D eigenvalue weighted by Gasteiger charge is -2.17. The third kappa shape index (κ3) is 3.09. The predicted molar refractivity (Wildman–Crippen MR) is 78.9 cm³/mol. The van der Waals surface area contributed by atoms with Crippen LogP contribution in [0, 0.1) is 0 Å². The van der Waals surface area contributed by atoms with Crippen LogP contribution in [0.3, 0.4) is 0 Å². The Balaban J connectivity index is 2.52. The summed E-state index contributed by atoms with van der Waals surface area (Å²) in [6.07, 6.45) is 0. The van der Waals surface area contributed by atoms with Crippen molar-refractivity contribution >= 4 is 27.5 Å². The molecule has 0 bridgehead atoms. The fourth-order valence-corrected chi connectivity index (χ4v) is 2.03. The van der Waals surface area contributed by atoms with E-state index in [4.69, 9.17) is 11.6 Å². The number of hydrogen-bond acceptors (Lipinski definition) is 2. The van der Waals surface area contributed by atoms with Gasteiger partial charge < -0.3 is 0 Å². The van der Waals surface area contributed by atoms with Gasteiger partial charge in [0.15, 0.2) is 0 Å². The first-order valence-electron chi connectivity index (χ1n) is 5.67. The Kier molecular flexibility index (Phi) is 3.74. The van der Waals surface area contributed by atoms with Gasteiger partial charge in [0, 0.05) is 16.0 Å². The van der Waals surface area contributed by atoms with Crippen LogP contribution in [0.15, 0.2) is 34.9 Å². The molecule has 2 nitrogen and oxygen atoms in total. The number of benzene rings is 1. The molecule has 0 aliphatic rings. The largest absolute Gasteiger partial charge is 0.232 e. The second-order valence-electron chi connectivity index (χ2n) is 5.16. The molecule has 0 radical (unpaired) electrons. The van der Waals surface area contributed by atoms with E-state index in [9.17, 15) is 0 Å². The first kappa shape index (κ1) is 13.5. The van der Waals surface area contributed by atoms with Gasteiger partial charge in [0.05, 0.1) is 5.69 Å². The van der Waals surface area contributed by atoms with Gasteiger partial charge in [-0.05, 0) is 34.1 Å². The van der Waals surface area contributed by atoms with Crippen LogP contribution in [0.1, 0.15) is 26.6 Å². The van der Waals surface area contributed by atoms with E-state index in [2.05, 4.69) is 46.7 Å². The van der Waals surface area contributed by atoms with Crippen LogP contribution in [0.25, 0.3) is 11.3 Å². The Hall–Kier alpha value is -0.930. The molecule has 0 spiro atoms. The summed E-state index contributed by atoms with van der Waals surface area (Å²) < 4.78 is 0.798. The molecule has 0 saturated carbocycles. The van der Waals surface area contributed by atoms with Crippen LogP contribution < -0.4 is 0 Å². The lowest BCUT2D eigenvalue weighted by atomic mass is 9.95. The number of hydrogen-bond donors (Lipinski definition) is 0. The van der Waals surface area contributed by atoms with Crippen molar-refractivity contribution < 1.29 is 0 Å². The van der Waals surface area contributed by atoms with Gasteiger partial charge in [-0.1, -0.05) is 44.5 Å². The van der Waals surface area contributed by atoms with Crippen molar-refractivity contribution in [2.45, 2.75) is 26.2 Å². The normalized spacial score (nSPS) is 11.6. The molecule has 0 unspecified atom stereocenters. The van der Waals surface area contributed by atoms with Crippen molar-refractivity contribution in [3.63, 3.8) is 0 Å². The molecule has 2 rings (SSSR count). The second kappa shape index (κ2) is 4.98. The maximum Gasteiger partial charge on any atom is 0.135 e. The molecular formula is C14H14BrClN2. The summed E-state index contributed by atoms with van der Waals surface area (Å²) in [5.41, 5.74) is 1.86.